The number of nitrogens with zero attached hydrogens (tertiary/aromatic N) is 4. The number of imidazole rings is 1. The van der Waals surface area contributed by atoms with Gasteiger partial charge in [-0.3, -0.25) is 4.68 Å². The second-order valence-electron chi connectivity index (χ2n) is 4.53. The first kappa shape index (κ1) is 12.8. The topological polar surface area (TPSA) is 47.7 Å². The molecule has 0 saturated heterocycles. The van der Waals surface area contributed by atoms with E-state index in [4.69, 9.17) is 0 Å². The molecule has 2 unspecified atom stereocenters. The number of rotatable bonds is 6. The predicted molar refractivity (Wildman–Crippen MR) is 71.1 cm³/mol. The van der Waals surface area contributed by atoms with Crippen molar-refractivity contribution in [3.8, 4) is 0 Å². The van der Waals surface area contributed by atoms with Crippen LogP contribution in [-0.4, -0.2) is 25.4 Å². The largest absolute Gasteiger partial charge is 0.334 e. The Labute approximate surface area is 108 Å². The zero-order valence-corrected chi connectivity index (χ0v) is 11.2. The summed E-state index contributed by atoms with van der Waals surface area (Å²) < 4.78 is 4.13. The van der Waals surface area contributed by atoms with Gasteiger partial charge < -0.3 is 9.88 Å². The van der Waals surface area contributed by atoms with Crippen LogP contribution in [-0.2, 0) is 13.1 Å². The molecule has 2 heterocycles. The van der Waals surface area contributed by atoms with Crippen molar-refractivity contribution in [2.75, 3.05) is 0 Å². The molecule has 0 saturated carbocycles. The lowest BCUT2D eigenvalue weighted by Crippen LogP contribution is -2.34. The summed E-state index contributed by atoms with van der Waals surface area (Å²) in [5.74, 6) is 1.08. The van der Waals surface area contributed by atoms with Crippen molar-refractivity contribution in [1.29, 1.82) is 0 Å². The molecule has 2 atom stereocenters. The molecule has 0 amide bonds. The quantitative estimate of drug-likeness (QED) is 0.847. The van der Waals surface area contributed by atoms with Crippen LogP contribution in [0.15, 0.2) is 30.9 Å². The molecule has 0 radical (unpaired) electrons. The van der Waals surface area contributed by atoms with E-state index in [0.29, 0.717) is 12.1 Å². The fourth-order valence-corrected chi connectivity index (χ4v) is 1.97. The van der Waals surface area contributed by atoms with Gasteiger partial charge in [0.15, 0.2) is 0 Å². The molecule has 2 aromatic heterocycles. The summed E-state index contributed by atoms with van der Waals surface area (Å²) in [7, 11) is 0. The van der Waals surface area contributed by atoms with E-state index in [1.807, 2.05) is 35.5 Å². The number of nitrogens with one attached hydrogen (secondary N) is 1. The highest BCUT2D eigenvalue weighted by Gasteiger charge is 2.14. The minimum atomic E-state index is 0.324. The standard InChI is InChI=1S/C13H21N5/c1-4-17-9-7-14-13(17)10-15-11(2)12(3)18-8-5-6-16-18/h5-9,11-12,15H,4,10H2,1-3H3. The Kier molecular flexibility index (Phi) is 4.15. The summed E-state index contributed by atoms with van der Waals surface area (Å²) in [6.07, 6.45) is 7.67. The Bertz CT molecular complexity index is 459. The molecule has 0 bridgehead atoms. The van der Waals surface area contributed by atoms with Gasteiger partial charge in [-0.15, -0.1) is 0 Å². The van der Waals surface area contributed by atoms with Crippen molar-refractivity contribution < 1.29 is 0 Å². The van der Waals surface area contributed by atoms with Gasteiger partial charge in [-0.05, 0) is 26.8 Å². The van der Waals surface area contributed by atoms with Gasteiger partial charge in [0.1, 0.15) is 5.82 Å². The minimum absolute atomic E-state index is 0.324. The molecule has 2 rings (SSSR count). The minimum Gasteiger partial charge on any atom is -0.334 e. The van der Waals surface area contributed by atoms with Crippen LogP contribution in [0.3, 0.4) is 0 Å². The van der Waals surface area contributed by atoms with Gasteiger partial charge in [-0.2, -0.15) is 5.10 Å². The van der Waals surface area contributed by atoms with Gasteiger partial charge >= 0.3 is 0 Å². The van der Waals surface area contributed by atoms with E-state index in [9.17, 15) is 0 Å². The average Bonchev–Trinajstić information content (AvgIpc) is 3.05. The SMILES string of the molecule is CCn1ccnc1CNC(C)C(C)n1cccn1. The molecule has 0 fully saturated rings. The molecular weight excluding hydrogens is 226 g/mol. The first-order valence-corrected chi connectivity index (χ1v) is 6.45. The fourth-order valence-electron chi connectivity index (χ4n) is 1.97. The summed E-state index contributed by atoms with van der Waals surface area (Å²) in [4.78, 5) is 4.36. The summed E-state index contributed by atoms with van der Waals surface area (Å²) in [6, 6.07) is 2.62. The maximum Gasteiger partial charge on any atom is 0.122 e. The van der Waals surface area contributed by atoms with Gasteiger partial charge in [-0.25, -0.2) is 4.98 Å². The second-order valence-corrected chi connectivity index (χ2v) is 4.53. The Morgan fingerprint density at radius 2 is 2.11 bits per heavy atom. The molecular formula is C13H21N5. The molecule has 18 heavy (non-hydrogen) atoms. The zero-order chi connectivity index (χ0) is 13.0. The highest BCUT2D eigenvalue weighted by molar-refractivity contribution is 4.92. The molecule has 0 aliphatic heterocycles. The molecule has 1 N–H and O–H groups in total. The van der Waals surface area contributed by atoms with E-state index < -0.39 is 0 Å². The van der Waals surface area contributed by atoms with Gasteiger partial charge in [0.2, 0.25) is 0 Å². The third-order valence-corrected chi connectivity index (χ3v) is 3.39. The Morgan fingerprint density at radius 3 is 2.78 bits per heavy atom. The highest BCUT2D eigenvalue weighted by atomic mass is 15.3. The van der Waals surface area contributed by atoms with Crippen LogP contribution in [0.1, 0.15) is 32.6 Å². The van der Waals surface area contributed by atoms with Crippen LogP contribution in [0.2, 0.25) is 0 Å². The molecule has 0 aromatic carbocycles. The number of aryl methyl sites for hydroxylation is 1. The molecule has 0 aliphatic carbocycles. The Morgan fingerprint density at radius 1 is 1.28 bits per heavy atom. The van der Waals surface area contributed by atoms with Crippen LogP contribution in [0.5, 0.6) is 0 Å². The maximum absolute atomic E-state index is 4.36. The zero-order valence-electron chi connectivity index (χ0n) is 11.2. The fraction of sp³-hybridized carbons (Fsp3) is 0.538. The lowest BCUT2D eigenvalue weighted by atomic mass is 10.2. The molecule has 98 valence electrons. The molecule has 2 aromatic rings. The number of hydrogen-bond donors (Lipinski definition) is 1. The predicted octanol–water partition coefficient (Wildman–Crippen LogP) is 1.84. The number of aromatic nitrogens is 4. The summed E-state index contributed by atoms with van der Waals surface area (Å²) in [5, 5.41) is 7.78. The summed E-state index contributed by atoms with van der Waals surface area (Å²) in [6.45, 7) is 8.21. The van der Waals surface area contributed by atoms with Crippen LogP contribution < -0.4 is 5.32 Å². The van der Waals surface area contributed by atoms with Crippen molar-refractivity contribution >= 4 is 0 Å². The van der Waals surface area contributed by atoms with E-state index in [1.165, 1.54) is 0 Å². The average molecular weight is 247 g/mol. The monoisotopic (exact) mass is 247 g/mol. The van der Waals surface area contributed by atoms with Crippen molar-refractivity contribution in [3.63, 3.8) is 0 Å². The summed E-state index contributed by atoms with van der Waals surface area (Å²) in [5.41, 5.74) is 0. The van der Waals surface area contributed by atoms with E-state index in [1.54, 1.807) is 0 Å². The van der Waals surface area contributed by atoms with Crippen molar-refractivity contribution in [2.24, 2.45) is 0 Å². The van der Waals surface area contributed by atoms with Gasteiger partial charge in [0, 0.05) is 37.4 Å². The van der Waals surface area contributed by atoms with Crippen LogP contribution >= 0.6 is 0 Å². The van der Waals surface area contributed by atoms with E-state index in [0.717, 1.165) is 18.9 Å². The van der Waals surface area contributed by atoms with Crippen LogP contribution in [0.4, 0.5) is 0 Å². The van der Waals surface area contributed by atoms with Crippen molar-refractivity contribution in [1.82, 2.24) is 24.6 Å². The first-order valence-electron chi connectivity index (χ1n) is 6.45. The van der Waals surface area contributed by atoms with Gasteiger partial charge in [0.05, 0.1) is 12.6 Å². The third-order valence-electron chi connectivity index (χ3n) is 3.39. The normalized spacial score (nSPS) is 14.6. The molecule has 5 heteroatoms. The van der Waals surface area contributed by atoms with E-state index in [-0.39, 0.29) is 0 Å². The highest BCUT2D eigenvalue weighted by Crippen LogP contribution is 2.09. The van der Waals surface area contributed by atoms with E-state index >= 15 is 0 Å². The summed E-state index contributed by atoms with van der Waals surface area (Å²) >= 11 is 0. The second kappa shape index (κ2) is 5.82. The number of hydrogen-bond acceptors (Lipinski definition) is 3. The Hall–Kier alpha value is -1.62. The van der Waals surface area contributed by atoms with Gasteiger partial charge in [-0.1, -0.05) is 0 Å². The van der Waals surface area contributed by atoms with Crippen LogP contribution in [0.25, 0.3) is 0 Å². The third kappa shape index (κ3) is 2.79. The first-order chi connectivity index (χ1) is 8.72. The van der Waals surface area contributed by atoms with Gasteiger partial charge in [0.25, 0.3) is 0 Å². The van der Waals surface area contributed by atoms with Crippen molar-refractivity contribution in [2.45, 2.75) is 45.9 Å². The van der Waals surface area contributed by atoms with Crippen molar-refractivity contribution in [3.05, 3.63) is 36.7 Å². The lowest BCUT2D eigenvalue weighted by molar-refractivity contribution is 0.360. The van der Waals surface area contributed by atoms with Crippen LogP contribution in [0, 0.1) is 0 Å². The lowest BCUT2D eigenvalue weighted by Gasteiger charge is -2.21. The van der Waals surface area contributed by atoms with E-state index in [2.05, 4.69) is 40.7 Å². The smallest absolute Gasteiger partial charge is 0.122 e. The molecule has 0 aliphatic rings. The maximum atomic E-state index is 4.36. The molecule has 0 spiro atoms. The molecule has 5 nitrogen and oxygen atoms in total. The Balaban J connectivity index is 1.90.